The number of carbonyl (C=O) groups excluding carboxylic acids is 2. The van der Waals surface area contributed by atoms with Crippen LogP contribution >= 0.6 is 23.2 Å². The highest BCUT2D eigenvalue weighted by Crippen LogP contribution is 2.56. The van der Waals surface area contributed by atoms with Gasteiger partial charge in [0.2, 0.25) is 11.8 Å². The van der Waals surface area contributed by atoms with E-state index in [1.165, 1.54) is 12.1 Å². The van der Waals surface area contributed by atoms with Crippen molar-refractivity contribution >= 4 is 40.7 Å². The molecular weight excluding hydrogens is 532 g/mol. The minimum atomic E-state index is -1.22. The molecule has 0 bridgehead atoms. The van der Waals surface area contributed by atoms with Gasteiger partial charge >= 0.3 is 0 Å². The van der Waals surface area contributed by atoms with E-state index in [-0.39, 0.29) is 35.1 Å². The van der Waals surface area contributed by atoms with Crippen molar-refractivity contribution in [1.29, 1.82) is 0 Å². The summed E-state index contributed by atoms with van der Waals surface area (Å²) in [4.78, 5) is 28.0. The zero-order valence-electron chi connectivity index (χ0n) is 21.4. The minimum absolute atomic E-state index is 0.104. The van der Waals surface area contributed by atoms with Gasteiger partial charge in [0.05, 0.1) is 23.3 Å². The van der Waals surface area contributed by atoms with Crippen LogP contribution in [-0.4, -0.2) is 52.4 Å². The summed E-state index contributed by atoms with van der Waals surface area (Å²) < 4.78 is 14.2. The molecule has 2 aliphatic heterocycles. The predicted molar refractivity (Wildman–Crippen MR) is 144 cm³/mol. The maximum Gasteiger partial charge on any atom is 0.238 e. The number of nitrogens with one attached hydrogen (secondary N) is 3. The lowest BCUT2D eigenvalue weighted by Gasteiger charge is -2.37. The van der Waals surface area contributed by atoms with Crippen LogP contribution in [-0.2, 0) is 15.0 Å². The highest BCUT2D eigenvalue weighted by molar-refractivity contribution is 6.31. The minimum Gasteiger partial charge on any atom is -0.390 e. The molecule has 1 aliphatic carbocycles. The number of amides is 2. The van der Waals surface area contributed by atoms with Gasteiger partial charge in [0, 0.05) is 28.7 Å². The molecule has 1 unspecified atom stereocenters. The van der Waals surface area contributed by atoms with Crippen LogP contribution in [0.3, 0.4) is 0 Å². The van der Waals surface area contributed by atoms with E-state index in [9.17, 15) is 24.2 Å². The first kappa shape index (κ1) is 27.3. The van der Waals surface area contributed by atoms with Crippen LogP contribution in [0.2, 0.25) is 10.0 Å². The molecule has 204 valence electrons. The van der Waals surface area contributed by atoms with Gasteiger partial charge in [-0.3, -0.25) is 9.59 Å². The summed E-state index contributed by atoms with van der Waals surface area (Å²) in [5, 5.41) is 29.8. The smallest absolute Gasteiger partial charge is 0.238 e. The first-order chi connectivity index (χ1) is 17.8. The summed E-state index contributed by atoms with van der Waals surface area (Å²) in [7, 11) is 0. The molecule has 2 heterocycles. The van der Waals surface area contributed by atoms with Gasteiger partial charge in [-0.25, -0.2) is 4.39 Å². The number of halogens is 3. The van der Waals surface area contributed by atoms with Crippen LogP contribution in [0.25, 0.3) is 0 Å². The van der Waals surface area contributed by atoms with Gasteiger partial charge in [-0.05, 0) is 60.1 Å². The molecule has 1 saturated carbocycles. The lowest BCUT2D eigenvalue weighted by atomic mass is 9.62. The molecule has 7 atom stereocenters. The van der Waals surface area contributed by atoms with Crippen molar-refractivity contribution in [2.24, 2.45) is 5.41 Å². The Morgan fingerprint density at radius 3 is 2.45 bits per heavy atom. The molecule has 2 amide bonds. The van der Waals surface area contributed by atoms with Crippen molar-refractivity contribution in [3.05, 3.63) is 63.4 Å². The van der Waals surface area contributed by atoms with E-state index in [1.54, 1.807) is 18.2 Å². The molecule has 0 aromatic heterocycles. The van der Waals surface area contributed by atoms with Gasteiger partial charge in [0.1, 0.15) is 11.2 Å². The summed E-state index contributed by atoms with van der Waals surface area (Å²) in [5.74, 6) is -1.98. The van der Waals surface area contributed by atoms with E-state index in [4.69, 9.17) is 23.2 Å². The first-order valence-corrected chi connectivity index (χ1v) is 13.6. The summed E-state index contributed by atoms with van der Waals surface area (Å²) >= 11 is 12.5. The molecule has 5 rings (SSSR count). The number of hydrogen-bond acceptors (Lipinski definition) is 5. The summed E-state index contributed by atoms with van der Waals surface area (Å²) in [5.41, 5.74) is 0.400. The Bertz CT molecular complexity index is 1280. The number of benzene rings is 2. The molecule has 10 heteroatoms. The highest BCUT2D eigenvalue weighted by atomic mass is 35.5. The second-order valence-electron chi connectivity index (χ2n) is 11.9. The average Bonchev–Trinajstić information content (AvgIpc) is 3.41. The molecule has 2 fully saturated rings. The molecule has 2 aromatic carbocycles. The van der Waals surface area contributed by atoms with Crippen molar-refractivity contribution in [2.45, 2.75) is 81.7 Å². The van der Waals surface area contributed by atoms with Gasteiger partial charge in [-0.1, -0.05) is 56.1 Å². The van der Waals surface area contributed by atoms with Gasteiger partial charge in [0.15, 0.2) is 0 Å². The Balaban J connectivity index is 1.67. The zero-order chi connectivity index (χ0) is 27.6. The third-order valence-corrected chi connectivity index (χ3v) is 8.57. The molecule has 0 radical (unpaired) electrons. The fraction of sp³-hybridized carbons (Fsp3) is 0.500. The predicted octanol–water partition coefficient (Wildman–Crippen LogP) is 3.88. The lowest BCUT2D eigenvalue weighted by molar-refractivity contribution is -0.124. The van der Waals surface area contributed by atoms with Crippen molar-refractivity contribution in [2.75, 3.05) is 5.32 Å². The maximum atomic E-state index is 14.2. The van der Waals surface area contributed by atoms with Crippen molar-refractivity contribution in [1.82, 2.24) is 10.6 Å². The first-order valence-electron chi connectivity index (χ1n) is 12.8. The summed E-state index contributed by atoms with van der Waals surface area (Å²) in [6.45, 7) is 6.20. The fourth-order valence-electron chi connectivity index (χ4n) is 6.53. The molecule has 1 spiro atoms. The van der Waals surface area contributed by atoms with Crippen molar-refractivity contribution in [3.63, 3.8) is 0 Å². The quantitative estimate of drug-likeness (QED) is 0.387. The maximum absolute atomic E-state index is 14.2. The van der Waals surface area contributed by atoms with Crippen LogP contribution < -0.4 is 16.0 Å². The summed E-state index contributed by atoms with van der Waals surface area (Å²) in [6, 6.07) is 7.76. The molecule has 1 saturated heterocycles. The number of aliphatic hydroxyl groups excluding tert-OH is 2. The van der Waals surface area contributed by atoms with Crippen LogP contribution in [0.1, 0.15) is 57.1 Å². The lowest BCUT2D eigenvalue weighted by Crippen LogP contribution is -2.49. The van der Waals surface area contributed by atoms with E-state index in [0.29, 0.717) is 28.3 Å². The zero-order valence-corrected chi connectivity index (χ0v) is 22.9. The number of carbonyl (C=O) groups is 2. The van der Waals surface area contributed by atoms with Crippen molar-refractivity contribution in [3.8, 4) is 0 Å². The Hall–Kier alpha value is -2.23. The van der Waals surface area contributed by atoms with E-state index >= 15 is 0 Å². The van der Waals surface area contributed by atoms with Crippen LogP contribution in [0.4, 0.5) is 10.1 Å². The molecule has 38 heavy (non-hydrogen) atoms. The van der Waals surface area contributed by atoms with Crippen LogP contribution in [0, 0.1) is 11.2 Å². The average molecular weight is 564 g/mol. The third-order valence-electron chi connectivity index (χ3n) is 8.05. The molecular formula is C28H32Cl2FN3O4. The van der Waals surface area contributed by atoms with E-state index in [0.717, 1.165) is 0 Å². The van der Waals surface area contributed by atoms with Gasteiger partial charge < -0.3 is 26.2 Å². The Labute approximate surface area is 231 Å². The molecule has 5 N–H and O–H groups in total. The SMILES string of the molecule is CC(C)(C)C[C@H]1N[C@@H](C(=O)NC2C[C@@H](O)[C@@H](O)C2)[C@H](c2ccc(F)c(Cl)c2)[C@@]12C(=O)Nc1cc(Cl)ccc12. The van der Waals surface area contributed by atoms with E-state index < -0.39 is 47.5 Å². The second-order valence-corrected chi connectivity index (χ2v) is 12.8. The van der Waals surface area contributed by atoms with Crippen LogP contribution in [0.5, 0.6) is 0 Å². The molecule has 3 aliphatic rings. The normalized spacial score (nSPS) is 32.5. The molecule has 7 nitrogen and oxygen atoms in total. The Kier molecular flexibility index (Phi) is 7.02. The second kappa shape index (κ2) is 9.75. The van der Waals surface area contributed by atoms with Gasteiger partial charge in [0.25, 0.3) is 0 Å². The van der Waals surface area contributed by atoms with E-state index in [1.807, 2.05) is 6.07 Å². The van der Waals surface area contributed by atoms with E-state index in [2.05, 4.69) is 36.7 Å². The van der Waals surface area contributed by atoms with Gasteiger partial charge in [-0.15, -0.1) is 0 Å². The van der Waals surface area contributed by atoms with Crippen LogP contribution in [0.15, 0.2) is 36.4 Å². The topological polar surface area (TPSA) is 111 Å². The summed E-state index contributed by atoms with van der Waals surface area (Å²) in [6.07, 6.45) is -0.823. The standard InChI is InChI=1S/C28H32Cl2FN3O4/c1-27(2,3)12-22-28(16-6-5-14(29)9-19(16)33-26(28)38)23(13-4-7-18(31)17(30)8-13)24(34-22)25(37)32-15-10-20(35)21(36)11-15/h4-9,15,20-24,34-36H,10-12H2,1-3H3,(H,32,37)(H,33,38)/t15?,20-,21+,22-,23+,24-,28+/m1/s1. The Morgan fingerprint density at radius 1 is 1.13 bits per heavy atom. The third kappa shape index (κ3) is 4.60. The molecule has 2 aromatic rings. The number of hydrogen-bond donors (Lipinski definition) is 5. The number of fused-ring (bicyclic) bond motifs is 2. The largest absolute Gasteiger partial charge is 0.390 e. The number of anilines is 1. The number of rotatable bonds is 4. The fourth-order valence-corrected chi connectivity index (χ4v) is 6.89. The number of aliphatic hydroxyl groups is 2. The van der Waals surface area contributed by atoms with Gasteiger partial charge in [-0.2, -0.15) is 0 Å². The van der Waals surface area contributed by atoms with Crippen molar-refractivity contribution < 1.29 is 24.2 Å². The monoisotopic (exact) mass is 563 g/mol. The highest BCUT2D eigenvalue weighted by Gasteiger charge is 2.65. The Morgan fingerprint density at radius 2 is 1.82 bits per heavy atom.